The molecule has 0 spiro atoms. The summed E-state index contributed by atoms with van der Waals surface area (Å²) in [5, 5.41) is 1.66. The van der Waals surface area contributed by atoms with E-state index in [1.807, 2.05) is 86.6 Å². The van der Waals surface area contributed by atoms with Gasteiger partial charge in [-0.3, -0.25) is 0 Å². The number of alkyl halides is 1. The average Bonchev–Trinajstić information content (AvgIpc) is 2.99. The third kappa shape index (κ3) is 9.53. The van der Waals surface area contributed by atoms with Gasteiger partial charge in [0.1, 0.15) is 16.9 Å². The van der Waals surface area contributed by atoms with Crippen molar-refractivity contribution >= 4 is 68.4 Å². The molecule has 1 N–H and O–H groups in total. The molecule has 1 aromatic heterocycles. The fourth-order valence-corrected chi connectivity index (χ4v) is 5.56. The summed E-state index contributed by atoms with van der Waals surface area (Å²) in [6.07, 6.45) is 5.34. The van der Waals surface area contributed by atoms with Crippen LogP contribution < -0.4 is 9.03 Å². The van der Waals surface area contributed by atoms with Gasteiger partial charge in [0.25, 0.3) is 0 Å². The van der Waals surface area contributed by atoms with Gasteiger partial charge in [0, 0.05) is 28.2 Å². The molecule has 1 fully saturated rings. The Kier molecular flexibility index (Phi) is 13.8. The standard InChI is InChI=1S/C24H20ClN3O2S2.C5H10.C2H5Cl/c25-22-11-6-18(15-21(22)24-12-5-17-3-1-2-4-23(17)26-24)27-32(29)20-9-7-19(8-10-20)28-13-14-30-16-31-28;1-3-5-4-2;1-2-3/h1-12,15,27H,13-14,16H2;3,5H,4H2,1-2H3;2H2,1H3/b;5-3-;. The summed E-state index contributed by atoms with van der Waals surface area (Å²) >= 11 is 13.1. The number of ether oxygens (including phenoxy) is 1. The zero-order valence-electron chi connectivity index (χ0n) is 23.0. The maximum absolute atomic E-state index is 12.9. The maximum atomic E-state index is 12.9. The summed E-state index contributed by atoms with van der Waals surface area (Å²) in [6.45, 7) is 7.60. The largest absolute Gasteiger partial charge is 0.367 e. The molecule has 9 heteroatoms. The number of pyridine rings is 1. The molecule has 4 aromatic rings. The average molecular weight is 617 g/mol. The number of allylic oxidation sites excluding steroid dienone is 2. The molecule has 0 aliphatic carbocycles. The van der Waals surface area contributed by atoms with Gasteiger partial charge in [-0.1, -0.05) is 61.9 Å². The van der Waals surface area contributed by atoms with E-state index in [0.29, 0.717) is 28.2 Å². The number of fused-ring (bicyclic) bond motifs is 1. The Hall–Kier alpha value is -2.55. The van der Waals surface area contributed by atoms with Crippen LogP contribution in [0.1, 0.15) is 27.2 Å². The number of nitrogens with zero attached hydrogens (tertiary/aromatic N) is 2. The number of benzene rings is 3. The molecule has 0 bridgehead atoms. The summed E-state index contributed by atoms with van der Waals surface area (Å²) in [6, 6.07) is 25.2. The van der Waals surface area contributed by atoms with E-state index in [2.05, 4.69) is 28.1 Å². The number of anilines is 2. The number of hydrogen-bond donors (Lipinski definition) is 1. The lowest BCUT2D eigenvalue weighted by Gasteiger charge is -2.27. The van der Waals surface area contributed by atoms with E-state index >= 15 is 0 Å². The van der Waals surface area contributed by atoms with E-state index in [1.54, 1.807) is 18.0 Å². The van der Waals surface area contributed by atoms with Crippen molar-refractivity contribution in [3.8, 4) is 11.3 Å². The smallest absolute Gasteiger partial charge is 0.150 e. The first-order valence-corrected chi connectivity index (χ1v) is 16.1. The zero-order valence-corrected chi connectivity index (χ0v) is 26.1. The molecule has 1 saturated heterocycles. The molecule has 212 valence electrons. The highest BCUT2D eigenvalue weighted by atomic mass is 35.5. The zero-order chi connectivity index (χ0) is 28.7. The molecule has 1 aliphatic heterocycles. The minimum Gasteiger partial charge on any atom is -0.367 e. The highest BCUT2D eigenvalue weighted by Crippen LogP contribution is 2.31. The van der Waals surface area contributed by atoms with Crippen LogP contribution in [0.15, 0.2) is 95.9 Å². The van der Waals surface area contributed by atoms with Gasteiger partial charge >= 0.3 is 0 Å². The quantitative estimate of drug-likeness (QED) is 0.133. The van der Waals surface area contributed by atoms with Crippen molar-refractivity contribution in [3.63, 3.8) is 0 Å². The van der Waals surface area contributed by atoms with Crippen molar-refractivity contribution in [1.29, 1.82) is 0 Å². The second-order valence-corrected chi connectivity index (χ2v) is 11.5. The van der Waals surface area contributed by atoms with Crippen LogP contribution in [0.2, 0.25) is 5.02 Å². The van der Waals surface area contributed by atoms with Gasteiger partial charge in [0.05, 0.1) is 34.3 Å². The first-order valence-electron chi connectivity index (χ1n) is 13.1. The van der Waals surface area contributed by atoms with Crippen LogP contribution in [-0.4, -0.2) is 34.2 Å². The first kappa shape index (κ1) is 32.0. The van der Waals surface area contributed by atoms with Crippen LogP contribution in [0.3, 0.4) is 0 Å². The molecular formula is C31H35Cl2N3O2S2. The van der Waals surface area contributed by atoms with Gasteiger partial charge in [-0.05, 0) is 79.9 Å². The molecule has 3 aromatic carbocycles. The van der Waals surface area contributed by atoms with Crippen LogP contribution in [-0.2, 0) is 15.7 Å². The van der Waals surface area contributed by atoms with Crippen molar-refractivity contribution in [1.82, 2.24) is 4.98 Å². The van der Waals surface area contributed by atoms with Crippen LogP contribution in [0.25, 0.3) is 22.2 Å². The third-order valence-electron chi connectivity index (χ3n) is 5.59. The molecule has 0 saturated carbocycles. The van der Waals surface area contributed by atoms with Crippen LogP contribution in [0, 0.1) is 0 Å². The van der Waals surface area contributed by atoms with Crippen LogP contribution in [0.4, 0.5) is 11.4 Å². The highest BCUT2D eigenvalue weighted by Gasteiger charge is 2.14. The van der Waals surface area contributed by atoms with Gasteiger partial charge in [-0.2, -0.15) is 0 Å². The lowest BCUT2D eigenvalue weighted by Crippen LogP contribution is -2.26. The minimum atomic E-state index is -1.40. The van der Waals surface area contributed by atoms with Crippen molar-refractivity contribution in [2.24, 2.45) is 0 Å². The Labute approximate surface area is 254 Å². The van der Waals surface area contributed by atoms with E-state index in [4.69, 9.17) is 32.9 Å². The molecule has 2 heterocycles. The number of rotatable bonds is 6. The first-order chi connectivity index (χ1) is 19.5. The predicted octanol–water partition coefficient (Wildman–Crippen LogP) is 9.35. The van der Waals surface area contributed by atoms with E-state index in [1.165, 1.54) is 0 Å². The van der Waals surface area contributed by atoms with Gasteiger partial charge in [0.15, 0.2) is 0 Å². The molecule has 5 nitrogen and oxygen atoms in total. The highest BCUT2D eigenvalue weighted by molar-refractivity contribution is 8.00. The molecule has 1 atom stereocenters. The van der Waals surface area contributed by atoms with E-state index in [-0.39, 0.29) is 0 Å². The molecule has 1 unspecified atom stereocenters. The van der Waals surface area contributed by atoms with Gasteiger partial charge in [0.2, 0.25) is 0 Å². The lowest BCUT2D eigenvalue weighted by molar-refractivity contribution is 0.184. The van der Waals surface area contributed by atoms with Gasteiger partial charge < -0.3 is 13.8 Å². The maximum Gasteiger partial charge on any atom is 0.150 e. The second kappa shape index (κ2) is 17.3. The number of hydrogen-bond acceptors (Lipinski definition) is 5. The van der Waals surface area contributed by atoms with E-state index in [0.717, 1.165) is 46.7 Å². The number of nitrogens with one attached hydrogen (secondary N) is 1. The summed E-state index contributed by atoms with van der Waals surface area (Å²) in [7, 11) is -1.40. The fraction of sp³-hybridized carbons (Fsp3) is 0.258. The van der Waals surface area contributed by atoms with Crippen molar-refractivity contribution in [2.45, 2.75) is 32.1 Å². The number of aromatic nitrogens is 1. The normalized spacial score (nSPS) is 13.7. The van der Waals surface area contributed by atoms with Crippen molar-refractivity contribution < 1.29 is 8.95 Å². The monoisotopic (exact) mass is 615 g/mol. The Morgan fingerprint density at radius 1 is 1.07 bits per heavy atom. The third-order valence-corrected chi connectivity index (χ3v) is 8.02. The molecule has 1 aliphatic rings. The Bertz CT molecular complexity index is 1400. The SMILES string of the molecule is C/C=C\CC.CCCl.O=S(Nc1ccc(Cl)c(-c2ccc3ccccc3n2)c1)c1ccc(N2CCOCS2)cc1. The van der Waals surface area contributed by atoms with Crippen LogP contribution >= 0.6 is 35.1 Å². The van der Waals surface area contributed by atoms with E-state index < -0.39 is 11.0 Å². The van der Waals surface area contributed by atoms with Gasteiger partial charge in [-0.25, -0.2) is 9.19 Å². The summed E-state index contributed by atoms with van der Waals surface area (Å²) in [5.41, 5.74) is 4.26. The number of halogens is 2. The Morgan fingerprint density at radius 3 is 2.48 bits per heavy atom. The summed E-state index contributed by atoms with van der Waals surface area (Å²) in [4.78, 5) is 5.44. The second-order valence-electron chi connectivity index (χ2n) is 8.45. The minimum absolute atomic E-state index is 0.594. The Morgan fingerprint density at radius 2 is 1.82 bits per heavy atom. The fourth-order valence-electron chi connectivity index (χ4n) is 3.71. The predicted molar refractivity (Wildman–Crippen MR) is 176 cm³/mol. The molecule has 0 radical (unpaired) electrons. The number of para-hydroxylation sites is 1. The summed E-state index contributed by atoms with van der Waals surface area (Å²) in [5.74, 6) is 1.38. The molecule has 40 heavy (non-hydrogen) atoms. The van der Waals surface area contributed by atoms with Gasteiger partial charge in [-0.15, -0.1) is 11.6 Å². The lowest BCUT2D eigenvalue weighted by atomic mass is 10.1. The molecule has 0 amide bonds. The summed E-state index contributed by atoms with van der Waals surface area (Å²) < 4.78 is 23.6. The molecular weight excluding hydrogens is 581 g/mol. The Balaban J connectivity index is 0.000000490. The van der Waals surface area contributed by atoms with E-state index in [9.17, 15) is 4.21 Å². The van der Waals surface area contributed by atoms with Crippen molar-refractivity contribution in [2.75, 3.05) is 34.0 Å². The van der Waals surface area contributed by atoms with Crippen LogP contribution in [0.5, 0.6) is 0 Å². The van der Waals surface area contributed by atoms with Crippen molar-refractivity contribution in [3.05, 3.63) is 96.0 Å². The molecule has 5 rings (SSSR count). The topological polar surface area (TPSA) is 54.5 Å².